The summed E-state index contributed by atoms with van der Waals surface area (Å²) in [7, 11) is 1.89. The van der Waals surface area contributed by atoms with Gasteiger partial charge in [-0.1, -0.05) is 11.6 Å². The van der Waals surface area contributed by atoms with Crippen LogP contribution in [0.15, 0.2) is 22.3 Å². The molecular formula is C9H10ClN5S. The molecule has 0 spiro atoms. The first-order valence-corrected chi connectivity index (χ1v) is 5.73. The van der Waals surface area contributed by atoms with E-state index >= 15 is 0 Å². The second kappa shape index (κ2) is 4.31. The normalized spacial score (nSPS) is 10.7. The fraction of sp³-hybridized carbons (Fsp3) is 0.222. The van der Waals surface area contributed by atoms with Gasteiger partial charge in [-0.15, -0.1) is 10.2 Å². The van der Waals surface area contributed by atoms with Crippen molar-refractivity contribution in [2.75, 3.05) is 5.73 Å². The zero-order valence-corrected chi connectivity index (χ0v) is 10.4. The van der Waals surface area contributed by atoms with E-state index in [2.05, 4.69) is 15.2 Å². The molecule has 0 bridgehead atoms. The molecule has 0 aliphatic heterocycles. The summed E-state index contributed by atoms with van der Waals surface area (Å²) in [5.74, 6) is 0.836. The molecule has 0 radical (unpaired) electrons. The summed E-state index contributed by atoms with van der Waals surface area (Å²) < 4.78 is 1.87. The molecule has 2 aromatic rings. The summed E-state index contributed by atoms with van der Waals surface area (Å²) in [4.78, 5) is 4.14. The average molecular weight is 256 g/mol. The lowest BCUT2D eigenvalue weighted by Gasteiger charge is -2.04. The molecule has 2 heterocycles. The first kappa shape index (κ1) is 11.2. The predicted octanol–water partition coefficient (Wildman–Crippen LogP) is 1.91. The third-order valence-electron chi connectivity index (χ3n) is 2.10. The van der Waals surface area contributed by atoms with E-state index < -0.39 is 0 Å². The predicted molar refractivity (Wildman–Crippen MR) is 63.5 cm³/mol. The maximum absolute atomic E-state index is 5.81. The molecule has 2 N–H and O–H groups in total. The van der Waals surface area contributed by atoms with Crippen LogP contribution in [0.4, 0.5) is 5.69 Å². The van der Waals surface area contributed by atoms with Crippen molar-refractivity contribution < 1.29 is 0 Å². The molecule has 2 aromatic heterocycles. The van der Waals surface area contributed by atoms with E-state index in [1.165, 1.54) is 11.8 Å². The van der Waals surface area contributed by atoms with E-state index in [0.717, 1.165) is 11.0 Å². The van der Waals surface area contributed by atoms with E-state index in [0.29, 0.717) is 15.9 Å². The van der Waals surface area contributed by atoms with E-state index in [9.17, 15) is 0 Å². The average Bonchev–Trinajstić information content (AvgIpc) is 2.55. The Kier molecular flexibility index (Phi) is 3.02. The topological polar surface area (TPSA) is 69.6 Å². The molecule has 5 nitrogen and oxygen atoms in total. The van der Waals surface area contributed by atoms with E-state index in [1.54, 1.807) is 12.1 Å². The van der Waals surface area contributed by atoms with Gasteiger partial charge in [-0.3, -0.25) is 0 Å². The Hall–Kier alpha value is -1.27. The van der Waals surface area contributed by atoms with Gasteiger partial charge in [-0.05, 0) is 30.8 Å². The Bertz CT molecular complexity index is 525. The number of hydrogen-bond acceptors (Lipinski definition) is 5. The second-order valence-electron chi connectivity index (χ2n) is 3.22. The molecule has 0 amide bonds. The van der Waals surface area contributed by atoms with E-state index in [-0.39, 0.29) is 0 Å². The van der Waals surface area contributed by atoms with Crippen molar-refractivity contribution in [1.82, 2.24) is 19.7 Å². The van der Waals surface area contributed by atoms with Crippen LogP contribution in [0.5, 0.6) is 0 Å². The highest BCUT2D eigenvalue weighted by Gasteiger charge is 2.10. The van der Waals surface area contributed by atoms with Gasteiger partial charge in [-0.25, -0.2) is 4.98 Å². The zero-order valence-electron chi connectivity index (χ0n) is 8.81. The third-order valence-corrected chi connectivity index (χ3v) is 3.37. The Morgan fingerprint density at radius 2 is 2.12 bits per heavy atom. The number of rotatable bonds is 2. The van der Waals surface area contributed by atoms with E-state index in [4.69, 9.17) is 17.3 Å². The summed E-state index contributed by atoms with van der Waals surface area (Å²) in [6.07, 6.45) is 0. The van der Waals surface area contributed by atoms with Gasteiger partial charge in [0.2, 0.25) is 0 Å². The second-order valence-corrected chi connectivity index (χ2v) is 4.56. The number of pyridine rings is 1. The van der Waals surface area contributed by atoms with E-state index in [1.807, 2.05) is 18.5 Å². The third kappa shape index (κ3) is 2.12. The molecule has 16 heavy (non-hydrogen) atoms. The van der Waals surface area contributed by atoms with Gasteiger partial charge in [0.1, 0.15) is 16.0 Å². The molecule has 0 aromatic carbocycles. The standard InChI is InChI=1S/C9H10ClN5S/c1-5-13-14-9(15(5)2)16-8-6(11)3-4-7(10)12-8/h3-4H,11H2,1-2H3. The molecular weight excluding hydrogens is 246 g/mol. The van der Waals surface area contributed by atoms with Crippen molar-refractivity contribution in [2.45, 2.75) is 17.1 Å². The summed E-state index contributed by atoms with van der Waals surface area (Å²) in [6.45, 7) is 1.88. The number of aryl methyl sites for hydroxylation is 1. The molecule has 0 saturated carbocycles. The van der Waals surface area contributed by atoms with Crippen molar-refractivity contribution in [1.29, 1.82) is 0 Å². The molecule has 0 atom stereocenters. The zero-order chi connectivity index (χ0) is 11.7. The number of hydrogen-bond donors (Lipinski definition) is 1. The Morgan fingerprint density at radius 1 is 1.38 bits per heavy atom. The molecule has 0 unspecified atom stereocenters. The van der Waals surface area contributed by atoms with Crippen LogP contribution in [0.3, 0.4) is 0 Å². The van der Waals surface area contributed by atoms with Crippen molar-refractivity contribution in [3.63, 3.8) is 0 Å². The fourth-order valence-corrected chi connectivity index (χ4v) is 2.12. The summed E-state index contributed by atoms with van der Waals surface area (Å²) in [5.41, 5.74) is 6.37. The number of anilines is 1. The largest absolute Gasteiger partial charge is 0.397 e. The van der Waals surface area contributed by atoms with Crippen molar-refractivity contribution in [3.8, 4) is 0 Å². The number of nitrogens with zero attached hydrogens (tertiary/aromatic N) is 4. The van der Waals surface area contributed by atoms with Crippen LogP contribution in [-0.2, 0) is 7.05 Å². The maximum Gasteiger partial charge on any atom is 0.197 e. The monoisotopic (exact) mass is 255 g/mol. The Labute approximate surface area is 102 Å². The minimum atomic E-state index is 0.413. The lowest BCUT2D eigenvalue weighted by Crippen LogP contribution is -1.96. The van der Waals surface area contributed by atoms with Crippen molar-refractivity contribution in [2.24, 2.45) is 7.05 Å². The summed E-state index contributed by atoms with van der Waals surface area (Å²) in [6, 6.07) is 3.38. The minimum absolute atomic E-state index is 0.413. The van der Waals surface area contributed by atoms with Gasteiger partial charge >= 0.3 is 0 Å². The number of nitrogen functional groups attached to an aromatic ring is 1. The van der Waals surface area contributed by atoms with Gasteiger partial charge in [0, 0.05) is 7.05 Å². The van der Waals surface area contributed by atoms with Crippen LogP contribution in [-0.4, -0.2) is 19.7 Å². The Morgan fingerprint density at radius 3 is 2.75 bits per heavy atom. The number of nitrogens with two attached hydrogens (primary N) is 1. The van der Waals surface area contributed by atoms with Gasteiger partial charge in [0.05, 0.1) is 5.69 Å². The molecule has 2 rings (SSSR count). The maximum atomic E-state index is 5.81. The molecule has 0 fully saturated rings. The van der Waals surface area contributed by atoms with Gasteiger partial charge in [0.25, 0.3) is 0 Å². The van der Waals surface area contributed by atoms with Crippen LogP contribution >= 0.6 is 23.4 Å². The van der Waals surface area contributed by atoms with Crippen LogP contribution in [0.1, 0.15) is 5.82 Å². The smallest absolute Gasteiger partial charge is 0.197 e. The first-order chi connectivity index (χ1) is 7.58. The first-order valence-electron chi connectivity index (χ1n) is 4.54. The lowest BCUT2D eigenvalue weighted by molar-refractivity contribution is 0.764. The van der Waals surface area contributed by atoms with Crippen molar-refractivity contribution in [3.05, 3.63) is 23.1 Å². The highest BCUT2D eigenvalue weighted by atomic mass is 35.5. The molecule has 0 saturated heterocycles. The summed E-state index contributed by atoms with van der Waals surface area (Å²) >= 11 is 7.15. The lowest BCUT2D eigenvalue weighted by atomic mass is 10.4. The SMILES string of the molecule is Cc1nnc(Sc2nc(Cl)ccc2N)n1C. The number of halogens is 1. The quantitative estimate of drug-likeness (QED) is 0.830. The van der Waals surface area contributed by atoms with Gasteiger partial charge in [-0.2, -0.15) is 0 Å². The van der Waals surface area contributed by atoms with Gasteiger partial charge < -0.3 is 10.3 Å². The highest BCUT2D eigenvalue weighted by Crippen LogP contribution is 2.29. The Balaban J connectivity index is 2.33. The van der Waals surface area contributed by atoms with Crippen molar-refractivity contribution >= 4 is 29.1 Å². The molecule has 0 aliphatic rings. The summed E-state index contributed by atoms with van der Waals surface area (Å²) in [5, 5.41) is 9.76. The fourth-order valence-electron chi connectivity index (χ4n) is 1.07. The highest BCUT2D eigenvalue weighted by molar-refractivity contribution is 7.99. The van der Waals surface area contributed by atoms with Crippen LogP contribution in [0.25, 0.3) is 0 Å². The molecule has 7 heteroatoms. The van der Waals surface area contributed by atoms with Crippen LogP contribution in [0.2, 0.25) is 5.15 Å². The molecule has 0 aliphatic carbocycles. The van der Waals surface area contributed by atoms with Crippen LogP contribution < -0.4 is 5.73 Å². The number of aromatic nitrogens is 4. The van der Waals surface area contributed by atoms with Crippen LogP contribution in [0, 0.1) is 6.92 Å². The minimum Gasteiger partial charge on any atom is -0.397 e. The van der Waals surface area contributed by atoms with Gasteiger partial charge in [0.15, 0.2) is 5.16 Å². The molecule has 84 valence electrons.